The Morgan fingerprint density at radius 1 is 0.963 bits per heavy atom. The van der Waals surface area contributed by atoms with Gasteiger partial charge in [-0.2, -0.15) is 0 Å². The van der Waals surface area contributed by atoms with Crippen molar-refractivity contribution in [1.29, 1.82) is 0 Å². The summed E-state index contributed by atoms with van der Waals surface area (Å²) in [5.74, 6) is 0.624. The number of aromatic nitrogens is 2. The fourth-order valence-electron chi connectivity index (χ4n) is 3.08. The fourth-order valence-corrected chi connectivity index (χ4v) is 3.20. The van der Waals surface area contributed by atoms with Crippen LogP contribution in [0.4, 0.5) is 6.01 Å². The average molecular weight is 383 g/mol. The van der Waals surface area contributed by atoms with E-state index in [1.807, 2.05) is 64.4 Å². The summed E-state index contributed by atoms with van der Waals surface area (Å²) in [7, 11) is 0. The lowest BCUT2D eigenvalue weighted by Gasteiger charge is -2.33. The zero-order valence-electron chi connectivity index (χ0n) is 14.7. The maximum Gasteiger partial charge on any atom is 0.318 e. The van der Waals surface area contributed by atoms with Crippen LogP contribution in [0.1, 0.15) is 5.56 Å². The Labute approximate surface area is 162 Å². The first-order valence-corrected chi connectivity index (χ1v) is 9.23. The van der Waals surface area contributed by atoms with Crippen LogP contribution in [0.15, 0.2) is 59.0 Å². The summed E-state index contributed by atoms with van der Waals surface area (Å²) in [4.78, 5) is 16.4. The molecule has 0 unspecified atom stereocenters. The summed E-state index contributed by atoms with van der Waals surface area (Å²) in [5.41, 5.74) is 1.87. The monoisotopic (exact) mass is 382 g/mol. The zero-order chi connectivity index (χ0) is 18.6. The van der Waals surface area contributed by atoms with Gasteiger partial charge in [-0.1, -0.05) is 47.0 Å². The maximum absolute atomic E-state index is 12.5. The van der Waals surface area contributed by atoms with E-state index < -0.39 is 0 Å². The summed E-state index contributed by atoms with van der Waals surface area (Å²) >= 11 is 5.89. The molecule has 0 aliphatic carbocycles. The minimum atomic E-state index is 0.118. The Hall–Kier alpha value is -2.86. The molecule has 1 aliphatic rings. The molecule has 1 aromatic heterocycles. The Balaban J connectivity index is 1.34. The predicted octanol–water partition coefficient (Wildman–Crippen LogP) is 3.28. The van der Waals surface area contributed by atoms with E-state index in [1.54, 1.807) is 0 Å². The van der Waals surface area contributed by atoms with Gasteiger partial charge in [-0.25, -0.2) is 0 Å². The Kier molecular flexibility index (Phi) is 5.07. The lowest BCUT2D eigenvalue weighted by atomic mass is 10.1. The highest BCUT2D eigenvalue weighted by atomic mass is 35.5. The van der Waals surface area contributed by atoms with Gasteiger partial charge in [0.15, 0.2) is 0 Å². The molecule has 2 heterocycles. The molecule has 0 saturated carbocycles. The summed E-state index contributed by atoms with van der Waals surface area (Å²) in [6.07, 6.45) is 0.385. The number of halogens is 1. The van der Waals surface area contributed by atoms with Gasteiger partial charge in [0.25, 0.3) is 0 Å². The van der Waals surface area contributed by atoms with Crippen molar-refractivity contribution >= 4 is 23.5 Å². The van der Waals surface area contributed by atoms with E-state index in [0.717, 1.165) is 11.1 Å². The number of nitrogens with zero attached hydrogens (tertiary/aromatic N) is 4. The van der Waals surface area contributed by atoms with E-state index in [2.05, 4.69) is 10.2 Å². The molecule has 0 N–H and O–H groups in total. The third kappa shape index (κ3) is 4.11. The van der Waals surface area contributed by atoms with Crippen LogP contribution in [-0.4, -0.2) is 47.2 Å². The van der Waals surface area contributed by atoms with Gasteiger partial charge in [0, 0.05) is 36.8 Å². The number of benzene rings is 2. The molecule has 7 heteroatoms. The first-order valence-electron chi connectivity index (χ1n) is 8.85. The van der Waals surface area contributed by atoms with E-state index in [1.165, 1.54) is 0 Å². The number of piperazine rings is 1. The second-order valence-corrected chi connectivity index (χ2v) is 6.86. The first-order chi connectivity index (χ1) is 13.2. The molecule has 1 fully saturated rings. The van der Waals surface area contributed by atoms with Crippen LogP contribution in [0.25, 0.3) is 11.5 Å². The molecule has 0 spiro atoms. The molecule has 1 amide bonds. The van der Waals surface area contributed by atoms with Gasteiger partial charge in [0.1, 0.15) is 0 Å². The standard InChI is InChI=1S/C20H19ClN4O2/c21-17-8-6-15(7-9-17)14-18(26)24-10-12-25(13-11-24)20-23-22-19(27-20)16-4-2-1-3-5-16/h1-9H,10-14H2. The van der Waals surface area contributed by atoms with Crippen molar-refractivity contribution in [3.8, 4) is 11.5 Å². The molecule has 1 aliphatic heterocycles. The molecule has 27 heavy (non-hydrogen) atoms. The van der Waals surface area contributed by atoms with Gasteiger partial charge in [-0.05, 0) is 29.8 Å². The van der Waals surface area contributed by atoms with Crippen molar-refractivity contribution in [2.24, 2.45) is 0 Å². The van der Waals surface area contributed by atoms with Gasteiger partial charge in [-0.3, -0.25) is 4.79 Å². The van der Waals surface area contributed by atoms with Crippen molar-refractivity contribution in [2.75, 3.05) is 31.1 Å². The maximum atomic E-state index is 12.5. The highest BCUT2D eigenvalue weighted by molar-refractivity contribution is 6.30. The molecule has 2 aromatic carbocycles. The van der Waals surface area contributed by atoms with E-state index in [4.69, 9.17) is 16.0 Å². The zero-order valence-corrected chi connectivity index (χ0v) is 15.5. The second kappa shape index (κ2) is 7.80. The van der Waals surface area contributed by atoms with E-state index in [9.17, 15) is 4.79 Å². The first kappa shape index (κ1) is 17.5. The number of carbonyl (C=O) groups is 1. The molecular formula is C20H19ClN4O2. The lowest BCUT2D eigenvalue weighted by Crippen LogP contribution is -2.49. The number of hydrogen-bond acceptors (Lipinski definition) is 5. The van der Waals surface area contributed by atoms with E-state index >= 15 is 0 Å². The number of anilines is 1. The summed E-state index contributed by atoms with van der Waals surface area (Å²) in [5, 5.41) is 8.96. The molecule has 0 bridgehead atoms. The van der Waals surface area contributed by atoms with Gasteiger partial charge >= 0.3 is 6.01 Å². The molecule has 3 aromatic rings. The Bertz CT molecular complexity index is 903. The number of amides is 1. The van der Waals surface area contributed by atoms with Gasteiger partial charge in [-0.15, -0.1) is 5.10 Å². The van der Waals surface area contributed by atoms with Crippen molar-refractivity contribution in [1.82, 2.24) is 15.1 Å². The minimum absolute atomic E-state index is 0.118. The Morgan fingerprint density at radius 3 is 2.37 bits per heavy atom. The van der Waals surface area contributed by atoms with Crippen LogP contribution in [-0.2, 0) is 11.2 Å². The van der Waals surface area contributed by atoms with Crippen LogP contribution >= 0.6 is 11.6 Å². The van der Waals surface area contributed by atoms with E-state index in [0.29, 0.717) is 49.5 Å². The fraction of sp³-hybridized carbons (Fsp3) is 0.250. The van der Waals surface area contributed by atoms with Crippen LogP contribution in [0.2, 0.25) is 5.02 Å². The summed E-state index contributed by atoms with van der Waals surface area (Å²) in [6.45, 7) is 2.61. The van der Waals surface area contributed by atoms with Gasteiger partial charge in [0.05, 0.1) is 6.42 Å². The Morgan fingerprint density at radius 2 is 1.67 bits per heavy atom. The second-order valence-electron chi connectivity index (χ2n) is 6.43. The topological polar surface area (TPSA) is 62.5 Å². The summed E-state index contributed by atoms with van der Waals surface area (Å²) in [6, 6.07) is 17.6. The lowest BCUT2D eigenvalue weighted by molar-refractivity contribution is -0.130. The largest absolute Gasteiger partial charge is 0.403 e. The molecule has 138 valence electrons. The highest BCUT2D eigenvalue weighted by Gasteiger charge is 2.24. The highest BCUT2D eigenvalue weighted by Crippen LogP contribution is 2.22. The smallest absolute Gasteiger partial charge is 0.318 e. The molecular weight excluding hydrogens is 364 g/mol. The van der Waals surface area contributed by atoms with Crippen molar-refractivity contribution in [3.05, 3.63) is 65.2 Å². The molecule has 6 nitrogen and oxygen atoms in total. The molecule has 1 saturated heterocycles. The number of carbonyl (C=O) groups excluding carboxylic acids is 1. The molecule has 4 rings (SSSR count). The average Bonchev–Trinajstić information content (AvgIpc) is 3.21. The number of rotatable bonds is 4. The van der Waals surface area contributed by atoms with Crippen LogP contribution in [0, 0.1) is 0 Å². The van der Waals surface area contributed by atoms with Crippen molar-refractivity contribution < 1.29 is 9.21 Å². The normalized spacial score (nSPS) is 14.4. The number of hydrogen-bond donors (Lipinski definition) is 0. The van der Waals surface area contributed by atoms with E-state index in [-0.39, 0.29) is 5.91 Å². The third-order valence-electron chi connectivity index (χ3n) is 4.61. The van der Waals surface area contributed by atoms with Crippen molar-refractivity contribution in [3.63, 3.8) is 0 Å². The van der Waals surface area contributed by atoms with Crippen LogP contribution in [0.3, 0.4) is 0 Å². The summed E-state index contributed by atoms with van der Waals surface area (Å²) < 4.78 is 5.80. The predicted molar refractivity (Wildman–Crippen MR) is 104 cm³/mol. The minimum Gasteiger partial charge on any atom is -0.403 e. The van der Waals surface area contributed by atoms with Crippen LogP contribution in [0.5, 0.6) is 0 Å². The van der Waals surface area contributed by atoms with Crippen molar-refractivity contribution in [2.45, 2.75) is 6.42 Å². The van der Waals surface area contributed by atoms with Crippen LogP contribution < -0.4 is 4.90 Å². The SMILES string of the molecule is O=C(Cc1ccc(Cl)cc1)N1CCN(c2nnc(-c3ccccc3)o2)CC1. The quantitative estimate of drug-likeness (QED) is 0.693. The van der Waals surface area contributed by atoms with Gasteiger partial charge < -0.3 is 14.2 Å². The molecule has 0 radical (unpaired) electrons. The third-order valence-corrected chi connectivity index (χ3v) is 4.86. The molecule has 0 atom stereocenters. The van der Waals surface area contributed by atoms with Gasteiger partial charge in [0.2, 0.25) is 11.8 Å².